The number of amides is 1. The zero-order chi connectivity index (χ0) is 18.8. The number of carbonyl (C=O) groups excluding carboxylic acids is 1. The van der Waals surface area contributed by atoms with Crippen LogP contribution in [-0.4, -0.2) is 53.7 Å². The van der Waals surface area contributed by atoms with E-state index in [1.165, 1.54) is 24.2 Å². The molecule has 26 heavy (non-hydrogen) atoms. The van der Waals surface area contributed by atoms with E-state index in [4.69, 9.17) is 4.74 Å². The van der Waals surface area contributed by atoms with Gasteiger partial charge < -0.3 is 10.1 Å². The van der Waals surface area contributed by atoms with Crippen LogP contribution in [0, 0.1) is 12.3 Å². The molecule has 0 aromatic carbocycles. The van der Waals surface area contributed by atoms with Crippen molar-refractivity contribution in [2.75, 3.05) is 26.2 Å². The molecule has 1 aromatic heterocycles. The first kappa shape index (κ1) is 19.8. The number of rotatable bonds is 4. The smallest absolute Gasteiger partial charge is 0.263 e. The highest BCUT2D eigenvalue weighted by molar-refractivity contribution is 7.11. The van der Waals surface area contributed by atoms with Gasteiger partial charge in [0.05, 0.1) is 23.9 Å². The largest absolute Gasteiger partial charge is 0.370 e. The summed E-state index contributed by atoms with van der Waals surface area (Å²) in [4.78, 5) is 20.2. The van der Waals surface area contributed by atoms with Gasteiger partial charge in [-0.25, -0.2) is 4.98 Å². The number of morpholine rings is 1. The Morgan fingerprint density at radius 1 is 1.46 bits per heavy atom. The quantitative estimate of drug-likeness (QED) is 0.868. The molecular formula is C20H33N3O2S. The first-order valence-electron chi connectivity index (χ1n) is 9.86. The molecule has 0 unspecified atom stereocenters. The van der Waals surface area contributed by atoms with Gasteiger partial charge in [-0.1, -0.05) is 33.6 Å². The second kappa shape index (κ2) is 7.95. The van der Waals surface area contributed by atoms with Crippen LogP contribution in [0.15, 0.2) is 5.51 Å². The zero-order valence-electron chi connectivity index (χ0n) is 16.6. The Labute approximate surface area is 161 Å². The molecule has 1 aliphatic heterocycles. The van der Waals surface area contributed by atoms with Crippen molar-refractivity contribution in [1.82, 2.24) is 15.2 Å². The molecule has 1 saturated heterocycles. The minimum atomic E-state index is -0.233. The average molecular weight is 380 g/mol. The Hall–Kier alpha value is -0.980. The van der Waals surface area contributed by atoms with E-state index in [0.717, 1.165) is 56.1 Å². The van der Waals surface area contributed by atoms with Crippen LogP contribution in [0.25, 0.3) is 0 Å². The van der Waals surface area contributed by atoms with Crippen LogP contribution in [0.5, 0.6) is 0 Å². The number of carbonyl (C=O) groups is 1. The number of aryl methyl sites for hydroxylation is 1. The molecule has 1 amide bonds. The zero-order valence-corrected chi connectivity index (χ0v) is 17.5. The highest BCUT2D eigenvalue weighted by atomic mass is 32.1. The molecule has 0 bridgehead atoms. The number of aromatic nitrogens is 1. The van der Waals surface area contributed by atoms with E-state index in [2.05, 4.69) is 36.0 Å². The Bertz CT molecular complexity index is 621. The summed E-state index contributed by atoms with van der Waals surface area (Å²) in [6.45, 7) is 12.6. The normalized spacial score (nSPS) is 27.6. The van der Waals surface area contributed by atoms with E-state index in [0.29, 0.717) is 5.41 Å². The summed E-state index contributed by atoms with van der Waals surface area (Å²) >= 11 is 1.42. The second-order valence-corrected chi connectivity index (χ2v) is 9.89. The third-order valence-electron chi connectivity index (χ3n) is 5.70. The van der Waals surface area contributed by atoms with Gasteiger partial charge in [0.1, 0.15) is 10.5 Å². The van der Waals surface area contributed by atoms with Crippen LogP contribution in [0.2, 0.25) is 0 Å². The third kappa shape index (κ3) is 4.65. The fraction of sp³-hybridized carbons (Fsp3) is 0.800. The third-order valence-corrected chi connectivity index (χ3v) is 6.63. The fourth-order valence-electron chi connectivity index (χ4n) is 4.08. The molecule has 1 aromatic rings. The highest BCUT2D eigenvalue weighted by Gasteiger charge is 2.46. The van der Waals surface area contributed by atoms with E-state index in [1.807, 2.05) is 6.92 Å². The number of nitrogens with one attached hydrogen (secondary N) is 1. The number of ether oxygens (including phenoxy) is 1. The highest BCUT2D eigenvalue weighted by Crippen LogP contribution is 2.35. The molecule has 5 nitrogen and oxygen atoms in total. The number of hydrogen-bond donors (Lipinski definition) is 1. The molecule has 1 N–H and O–H groups in total. The predicted molar refractivity (Wildman–Crippen MR) is 106 cm³/mol. The number of nitrogens with zero attached hydrogens (tertiary/aromatic N) is 2. The van der Waals surface area contributed by atoms with Gasteiger partial charge in [-0.05, 0) is 38.1 Å². The van der Waals surface area contributed by atoms with E-state index >= 15 is 0 Å². The topological polar surface area (TPSA) is 54.5 Å². The molecule has 1 aliphatic carbocycles. The van der Waals surface area contributed by atoms with Crippen molar-refractivity contribution in [3.63, 3.8) is 0 Å². The summed E-state index contributed by atoms with van der Waals surface area (Å²) in [5, 5.41) is 3.30. The molecule has 2 fully saturated rings. The lowest BCUT2D eigenvalue weighted by Crippen LogP contribution is -2.64. The van der Waals surface area contributed by atoms with Crippen molar-refractivity contribution in [1.29, 1.82) is 0 Å². The van der Waals surface area contributed by atoms with Crippen LogP contribution in [-0.2, 0) is 4.74 Å². The Kier molecular flexibility index (Phi) is 6.04. The molecule has 1 saturated carbocycles. The molecule has 146 valence electrons. The predicted octanol–water partition coefficient (Wildman–Crippen LogP) is 3.63. The van der Waals surface area contributed by atoms with Gasteiger partial charge in [0, 0.05) is 13.1 Å². The van der Waals surface area contributed by atoms with Crippen molar-refractivity contribution in [3.8, 4) is 0 Å². The van der Waals surface area contributed by atoms with E-state index in [9.17, 15) is 4.79 Å². The van der Waals surface area contributed by atoms with Gasteiger partial charge in [0.2, 0.25) is 0 Å². The second-order valence-electron chi connectivity index (χ2n) is 9.04. The molecule has 1 spiro atoms. The summed E-state index contributed by atoms with van der Waals surface area (Å²) in [6.07, 6.45) is 5.54. The summed E-state index contributed by atoms with van der Waals surface area (Å²) in [7, 11) is 0. The van der Waals surface area contributed by atoms with E-state index in [-0.39, 0.29) is 17.6 Å². The van der Waals surface area contributed by atoms with Crippen molar-refractivity contribution < 1.29 is 9.53 Å². The monoisotopic (exact) mass is 379 g/mol. The first-order valence-corrected chi connectivity index (χ1v) is 10.7. The summed E-state index contributed by atoms with van der Waals surface area (Å²) in [6, 6.07) is 0.0858. The lowest BCUT2D eigenvalue weighted by atomic mass is 9.78. The SMILES string of the molecule is Cc1ncsc1C(=O)N[C@@H]1CCCC[C@]12CN(CCC(C)(C)C)CCO2. The van der Waals surface area contributed by atoms with Gasteiger partial charge in [-0.15, -0.1) is 11.3 Å². The van der Waals surface area contributed by atoms with Crippen molar-refractivity contribution in [2.45, 2.75) is 71.4 Å². The molecule has 0 radical (unpaired) electrons. The van der Waals surface area contributed by atoms with Crippen molar-refractivity contribution in [3.05, 3.63) is 16.1 Å². The minimum absolute atomic E-state index is 0.00619. The fourth-order valence-corrected chi connectivity index (χ4v) is 4.79. The summed E-state index contributed by atoms with van der Waals surface area (Å²) in [5.41, 5.74) is 2.67. The minimum Gasteiger partial charge on any atom is -0.370 e. The van der Waals surface area contributed by atoms with Gasteiger partial charge in [0.15, 0.2) is 0 Å². The number of hydrogen-bond acceptors (Lipinski definition) is 5. The van der Waals surface area contributed by atoms with E-state index in [1.54, 1.807) is 5.51 Å². The lowest BCUT2D eigenvalue weighted by Gasteiger charge is -2.50. The molecule has 2 atom stereocenters. The Morgan fingerprint density at radius 3 is 2.96 bits per heavy atom. The lowest BCUT2D eigenvalue weighted by molar-refractivity contribution is -0.142. The van der Waals surface area contributed by atoms with Crippen LogP contribution in [0.1, 0.15) is 68.2 Å². The maximum absolute atomic E-state index is 12.7. The maximum Gasteiger partial charge on any atom is 0.263 e. The Morgan fingerprint density at radius 2 is 2.27 bits per heavy atom. The summed E-state index contributed by atoms with van der Waals surface area (Å²) in [5.74, 6) is 0.00619. The van der Waals surface area contributed by atoms with Gasteiger partial charge in [0.25, 0.3) is 5.91 Å². The molecule has 2 aliphatic rings. The number of thiazole rings is 1. The molecule has 2 heterocycles. The van der Waals surface area contributed by atoms with Gasteiger partial charge >= 0.3 is 0 Å². The standard InChI is InChI=1S/C20H33N3O2S/c1-15-17(26-14-21-15)18(24)22-16-7-5-6-8-20(16)13-23(11-12-25-20)10-9-19(2,3)4/h14,16H,5-13H2,1-4H3,(H,22,24)/t16-,20+/m1/s1. The van der Waals surface area contributed by atoms with Gasteiger partial charge in [-0.2, -0.15) is 0 Å². The molecular weight excluding hydrogens is 346 g/mol. The molecule has 3 rings (SSSR count). The van der Waals surface area contributed by atoms with Crippen LogP contribution in [0.3, 0.4) is 0 Å². The summed E-state index contributed by atoms with van der Waals surface area (Å²) < 4.78 is 6.36. The van der Waals surface area contributed by atoms with Crippen molar-refractivity contribution >= 4 is 17.2 Å². The first-order chi connectivity index (χ1) is 12.3. The van der Waals surface area contributed by atoms with Gasteiger partial charge in [-0.3, -0.25) is 9.69 Å². The average Bonchev–Trinajstić information content (AvgIpc) is 3.01. The van der Waals surface area contributed by atoms with E-state index < -0.39 is 0 Å². The molecule has 6 heteroatoms. The maximum atomic E-state index is 12.7. The van der Waals surface area contributed by atoms with Crippen LogP contribution < -0.4 is 5.32 Å². The van der Waals surface area contributed by atoms with Crippen LogP contribution in [0.4, 0.5) is 0 Å². The van der Waals surface area contributed by atoms with Crippen molar-refractivity contribution in [2.24, 2.45) is 5.41 Å². The Balaban J connectivity index is 1.68. The van der Waals surface area contributed by atoms with Crippen LogP contribution >= 0.6 is 11.3 Å².